The van der Waals surface area contributed by atoms with Crippen LogP contribution in [0.5, 0.6) is 11.5 Å². The Morgan fingerprint density at radius 1 is 1.14 bits per heavy atom. The number of esters is 1. The van der Waals surface area contributed by atoms with Gasteiger partial charge in [-0.1, -0.05) is 0 Å². The van der Waals surface area contributed by atoms with Crippen molar-refractivity contribution in [1.29, 1.82) is 0 Å². The van der Waals surface area contributed by atoms with Crippen molar-refractivity contribution in [3.05, 3.63) is 51.6 Å². The van der Waals surface area contributed by atoms with Crippen LogP contribution in [-0.4, -0.2) is 17.0 Å². The molecule has 21 heavy (non-hydrogen) atoms. The molecule has 0 heterocycles. The van der Waals surface area contributed by atoms with Crippen LogP contribution in [0.3, 0.4) is 0 Å². The van der Waals surface area contributed by atoms with Gasteiger partial charge in [-0.2, -0.15) is 0 Å². The van der Waals surface area contributed by atoms with Crippen molar-refractivity contribution in [3.63, 3.8) is 0 Å². The predicted molar refractivity (Wildman–Crippen MR) is 86.5 cm³/mol. The highest BCUT2D eigenvalue weighted by atomic mass is 127. The lowest BCUT2D eigenvalue weighted by atomic mass is 10.1. The second kappa shape index (κ2) is 6.57. The van der Waals surface area contributed by atoms with E-state index in [0.717, 1.165) is 3.57 Å². The van der Waals surface area contributed by atoms with Crippen molar-refractivity contribution in [3.8, 4) is 11.5 Å². The van der Waals surface area contributed by atoms with Gasteiger partial charge in [-0.25, -0.2) is 0 Å². The molecule has 0 aliphatic rings. The zero-order valence-electron chi connectivity index (χ0n) is 11.1. The van der Waals surface area contributed by atoms with Crippen LogP contribution in [0, 0.1) is 3.57 Å². The third-order valence-electron chi connectivity index (χ3n) is 2.58. The Labute approximate surface area is 135 Å². The third-order valence-corrected chi connectivity index (χ3v) is 3.30. The lowest BCUT2D eigenvalue weighted by Gasteiger charge is -2.09. The fourth-order valence-electron chi connectivity index (χ4n) is 1.66. The van der Waals surface area contributed by atoms with Gasteiger partial charge in [0.2, 0.25) is 0 Å². The number of hydrogen-bond acceptors (Lipinski definition) is 4. The maximum atomic E-state index is 12.1. The highest BCUT2D eigenvalue weighted by Gasteiger charge is 2.13. The molecular weight excluding hydrogens is 385 g/mol. The summed E-state index contributed by atoms with van der Waals surface area (Å²) < 4.78 is 5.94. The van der Waals surface area contributed by atoms with E-state index in [1.807, 2.05) is 12.1 Å². The summed E-state index contributed by atoms with van der Waals surface area (Å²) in [7, 11) is 0. The summed E-state index contributed by atoms with van der Waals surface area (Å²) in [6.07, 6.45) is 0. The minimum absolute atomic E-state index is 0.0345. The lowest BCUT2D eigenvalue weighted by molar-refractivity contribution is -0.131. The summed E-state index contributed by atoms with van der Waals surface area (Å²) in [4.78, 5) is 23.1. The van der Waals surface area contributed by atoms with E-state index in [2.05, 4.69) is 27.9 Å². The van der Waals surface area contributed by atoms with E-state index in [1.54, 1.807) is 12.1 Å². The van der Waals surface area contributed by atoms with Crippen LogP contribution in [0.2, 0.25) is 0 Å². The van der Waals surface area contributed by atoms with Crippen molar-refractivity contribution in [2.24, 2.45) is 0 Å². The number of phenols is 1. The second-order valence-corrected chi connectivity index (χ2v) is 5.48. The Morgan fingerprint density at radius 3 is 2.43 bits per heavy atom. The number of ether oxygens (including phenoxy) is 1. The number of amides is 1. The molecule has 0 saturated carbocycles. The topological polar surface area (TPSA) is 75.6 Å². The lowest BCUT2D eigenvalue weighted by Crippen LogP contribution is -2.12. The molecule has 2 rings (SSSR count). The fraction of sp³-hybridized carbons (Fsp3) is 0.0667. The van der Waals surface area contributed by atoms with Gasteiger partial charge in [-0.05, 0) is 65.1 Å². The molecule has 2 N–H and O–H groups in total. The Balaban J connectivity index is 2.21. The van der Waals surface area contributed by atoms with Gasteiger partial charge in [0, 0.05) is 16.2 Å². The normalized spacial score (nSPS) is 10.0. The first kappa shape index (κ1) is 15.3. The number of carbonyl (C=O) groups excluding carboxylic acids is 2. The number of phenolic OH excluding ortho intramolecular Hbond substituents is 1. The SMILES string of the molecule is CC(=O)Oc1ccc(O)c(C(=O)Nc2ccc(I)cc2)c1. The molecule has 0 aliphatic carbocycles. The zero-order valence-corrected chi connectivity index (χ0v) is 13.2. The van der Waals surface area contributed by atoms with Crippen molar-refractivity contribution in [1.82, 2.24) is 0 Å². The van der Waals surface area contributed by atoms with Gasteiger partial charge in [0.05, 0.1) is 5.56 Å². The average molecular weight is 397 g/mol. The van der Waals surface area contributed by atoms with Gasteiger partial charge < -0.3 is 15.2 Å². The molecular formula is C15H12INO4. The van der Waals surface area contributed by atoms with Gasteiger partial charge in [0.15, 0.2) is 0 Å². The van der Waals surface area contributed by atoms with Crippen LogP contribution >= 0.6 is 22.6 Å². The summed E-state index contributed by atoms with van der Waals surface area (Å²) in [6, 6.07) is 11.3. The molecule has 0 bridgehead atoms. The van der Waals surface area contributed by atoms with Crippen LogP contribution in [0.4, 0.5) is 5.69 Å². The molecule has 6 heteroatoms. The van der Waals surface area contributed by atoms with Crippen molar-refractivity contribution in [2.45, 2.75) is 6.92 Å². The molecule has 5 nitrogen and oxygen atoms in total. The summed E-state index contributed by atoms with van der Waals surface area (Å²) in [6.45, 7) is 1.26. The first-order valence-corrected chi connectivity index (χ1v) is 7.12. The zero-order chi connectivity index (χ0) is 15.4. The van der Waals surface area contributed by atoms with E-state index in [0.29, 0.717) is 5.69 Å². The van der Waals surface area contributed by atoms with Gasteiger partial charge in [-0.15, -0.1) is 0 Å². The summed E-state index contributed by atoms with van der Waals surface area (Å²) >= 11 is 2.16. The molecule has 0 aromatic heterocycles. The Bertz CT molecular complexity index is 683. The van der Waals surface area contributed by atoms with E-state index >= 15 is 0 Å². The predicted octanol–water partition coefficient (Wildman–Crippen LogP) is 3.17. The molecule has 0 aliphatic heterocycles. The Kier molecular flexibility index (Phi) is 4.79. The van der Waals surface area contributed by atoms with Gasteiger partial charge >= 0.3 is 5.97 Å². The van der Waals surface area contributed by atoms with Crippen LogP contribution in [0.15, 0.2) is 42.5 Å². The number of aromatic hydroxyl groups is 1. The third kappa shape index (κ3) is 4.19. The van der Waals surface area contributed by atoms with E-state index in [9.17, 15) is 14.7 Å². The van der Waals surface area contributed by atoms with Gasteiger partial charge in [0.1, 0.15) is 11.5 Å². The number of hydrogen-bond donors (Lipinski definition) is 2. The number of carbonyl (C=O) groups is 2. The summed E-state index contributed by atoms with van der Waals surface area (Å²) in [5.41, 5.74) is 0.644. The van der Waals surface area contributed by atoms with Gasteiger partial charge in [-0.3, -0.25) is 9.59 Å². The van der Waals surface area contributed by atoms with E-state index < -0.39 is 11.9 Å². The standard InChI is InChI=1S/C15H12INO4/c1-9(18)21-12-6-7-14(19)13(8-12)15(20)17-11-4-2-10(16)3-5-11/h2-8,19H,1H3,(H,17,20). The number of benzene rings is 2. The van der Waals surface area contributed by atoms with Crippen LogP contribution in [0.1, 0.15) is 17.3 Å². The molecule has 1 amide bonds. The molecule has 0 atom stereocenters. The van der Waals surface area contributed by atoms with Crippen LogP contribution < -0.4 is 10.1 Å². The summed E-state index contributed by atoms with van der Waals surface area (Å²) in [5, 5.41) is 12.4. The number of anilines is 1. The largest absolute Gasteiger partial charge is 0.507 e. The summed E-state index contributed by atoms with van der Waals surface area (Å²) in [5.74, 6) is -0.964. The molecule has 0 spiro atoms. The monoisotopic (exact) mass is 397 g/mol. The number of halogens is 1. The minimum Gasteiger partial charge on any atom is -0.507 e. The molecule has 0 radical (unpaired) electrons. The maximum absolute atomic E-state index is 12.1. The average Bonchev–Trinajstić information content (AvgIpc) is 2.43. The van der Waals surface area contributed by atoms with E-state index in [-0.39, 0.29) is 17.1 Å². The molecule has 0 unspecified atom stereocenters. The van der Waals surface area contributed by atoms with E-state index in [1.165, 1.54) is 25.1 Å². The molecule has 0 saturated heterocycles. The highest BCUT2D eigenvalue weighted by Crippen LogP contribution is 2.24. The van der Waals surface area contributed by atoms with Crippen molar-refractivity contribution in [2.75, 3.05) is 5.32 Å². The Morgan fingerprint density at radius 2 is 1.81 bits per heavy atom. The van der Waals surface area contributed by atoms with Crippen LogP contribution in [-0.2, 0) is 4.79 Å². The molecule has 2 aromatic rings. The Hall–Kier alpha value is -2.09. The smallest absolute Gasteiger partial charge is 0.308 e. The maximum Gasteiger partial charge on any atom is 0.308 e. The molecule has 108 valence electrons. The first-order valence-electron chi connectivity index (χ1n) is 6.04. The molecule has 2 aromatic carbocycles. The van der Waals surface area contributed by atoms with Crippen molar-refractivity contribution < 1.29 is 19.4 Å². The van der Waals surface area contributed by atoms with E-state index in [4.69, 9.17) is 4.74 Å². The first-order chi connectivity index (χ1) is 9.95. The number of rotatable bonds is 3. The van der Waals surface area contributed by atoms with Crippen LogP contribution in [0.25, 0.3) is 0 Å². The quantitative estimate of drug-likeness (QED) is 0.474. The van der Waals surface area contributed by atoms with Crippen molar-refractivity contribution >= 4 is 40.2 Å². The highest BCUT2D eigenvalue weighted by molar-refractivity contribution is 14.1. The fourth-order valence-corrected chi connectivity index (χ4v) is 2.02. The number of nitrogens with one attached hydrogen (secondary N) is 1. The minimum atomic E-state index is -0.496. The molecule has 0 fully saturated rings. The second-order valence-electron chi connectivity index (χ2n) is 4.23. The van der Waals surface area contributed by atoms with Gasteiger partial charge in [0.25, 0.3) is 5.91 Å².